The SMILES string of the molecule is CCNC(=NCC(=O)NCc1ccco1)NCCCOC.I. The van der Waals surface area contributed by atoms with Crippen LogP contribution in [0.5, 0.6) is 0 Å². The molecule has 0 aliphatic carbocycles. The molecule has 0 aliphatic heterocycles. The van der Waals surface area contributed by atoms with Crippen LogP contribution in [0.15, 0.2) is 27.8 Å². The zero-order chi connectivity index (χ0) is 15.3. The molecule has 126 valence electrons. The van der Waals surface area contributed by atoms with Crippen LogP contribution in [-0.4, -0.2) is 45.2 Å². The number of methoxy groups -OCH3 is 1. The number of rotatable bonds is 9. The Kier molecular flexibility index (Phi) is 12.6. The zero-order valence-corrected chi connectivity index (χ0v) is 15.4. The predicted molar refractivity (Wildman–Crippen MR) is 96.4 cm³/mol. The minimum atomic E-state index is -0.152. The lowest BCUT2D eigenvalue weighted by Crippen LogP contribution is -2.39. The quantitative estimate of drug-likeness (QED) is 0.239. The number of amides is 1. The maximum atomic E-state index is 11.7. The molecule has 0 aromatic carbocycles. The van der Waals surface area contributed by atoms with E-state index < -0.39 is 0 Å². The molecule has 0 aliphatic rings. The fraction of sp³-hybridized carbons (Fsp3) is 0.571. The van der Waals surface area contributed by atoms with Crippen molar-refractivity contribution in [3.8, 4) is 0 Å². The van der Waals surface area contributed by atoms with Crippen molar-refractivity contribution in [2.24, 2.45) is 4.99 Å². The Labute approximate surface area is 148 Å². The van der Waals surface area contributed by atoms with Crippen molar-refractivity contribution in [3.05, 3.63) is 24.2 Å². The first kappa shape index (κ1) is 20.7. The number of nitrogens with zero attached hydrogens (tertiary/aromatic N) is 1. The maximum absolute atomic E-state index is 11.7. The van der Waals surface area contributed by atoms with E-state index in [1.54, 1.807) is 19.4 Å². The fourth-order valence-electron chi connectivity index (χ4n) is 1.57. The molecule has 0 radical (unpaired) electrons. The molecular weight excluding hydrogens is 399 g/mol. The summed E-state index contributed by atoms with van der Waals surface area (Å²) in [5.74, 6) is 1.19. The van der Waals surface area contributed by atoms with Crippen LogP contribution >= 0.6 is 24.0 Å². The van der Waals surface area contributed by atoms with Crippen molar-refractivity contribution in [1.29, 1.82) is 0 Å². The number of furan rings is 1. The molecule has 8 heteroatoms. The van der Waals surface area contributed by atoms with Crippen LogP contribution < -0.4 is 16.0 Å². The van der Waals surface area contributed by atoms with Gasteiger partial charge in [0.1, 0.15) is 12.3 Å². The summed E-state index contributed by atoms with van der Waals surface area (Å²) < 4.78 is 10.1. The molecule has 22 heavy (non-hydrogen) atoms. The molecule has 0 fully saturated rings. The monoisotopic (exact) mass is 424 g/mol. The van der Waals surface area contributed by atoms with Crippen molar-refractivity contribution in [2.45, 2.75) is 19.9 Å². The topological polar surface area (TPSA) is 87.9 Å². The third-order valence-corrected chi connectivity index (χ3v) is 2.58. The van der Waals surface area contributed by atoms with Gasteiger partial charge in [-0.25, -0.2) is 4.99 Å². The van der Waals surface area contributed by atoms with Crippen LogP contribution in [-0.2, 0) is 16.1 Å². The normalized spacial score (nSPS) is 10.7. The molecule has 0 bridgehead atoms. The van der Waals surface area contributed by atoms with Crippen LogP contribution in [0.3, 0.4) is 0 Å². The third kappa shape index (κ3) is 9.61. The second-order valence-corrected chi connectivity index (χ2v) is 4.32. The highest BCUT2D eigenvalue weighted by Crippen LogP contribution is 1.98. The van der Waals surface area contributed by atoms with Gasteiger partial charge in [-0.15, -0.1) is 24.0 Å². The first-order chi connectivity index (χ1) is 10.3. The Morgan fingerprint density at radius 1 is 1.36 bits per heavy atom. The largest absolute Gasteiger partial charge is 0.467 e. The number of hydrogen-bond acceptors (Lipinski definition) is 4. The number of hydrogen-bond donors (Lipinski definition) is 3. The lowest BCUT2D eigenvalue weighted by Gasteiger charge is -2.10. The first-order valence-corrected chi connectivity index (χ1v) is 7.06. The fourth-order valence-corrected chi connectivity index (χ4v) is 1.57. The number of nitrogens with one attached hydrogen (secondary N) is 3. The Balaban J connectivity index is 0.00000441. The Morgan fingerprint density at radius 2 is 2.18 bits per heavy atom. The summed E-state index contributed by atoms with van der Waals surface area (Å²) in [6.45, 7) is 4.59. The molecule has 1 aromatic rings. The van der Waals surface area contributed by atoms with E-state index in [1.165, 1.54) is 0 Å². The van der Waals surface area contributed by atoms with Crippen molar-refractivity contribution >= 4 is 35.8 Å². The van der Waals surface area contributed by atoms with Gasteiger partial charge < -0.3 is 25.1 Å². The zero-order valence-electron chi connectivity index (χ0n) is 13.1. The summed E-state index contributed by atoms with van der Waals surface area (Å²) in [4.78, 5) is 15.9. The number of halogens is 1. The minimum Gasteiger partial charge on any atom is -0.467 e. The second kappa shape index (κ2) is 13.4. The van der Waals surface area contributed by atoms with E-state index in [-0.39, 0.29) is 36.4 Å². The summed E-state index contributed by atoms with van der Waals surface area (Å²) >= 11 is 0. The third-order valence-electron chi connectivity index (χ3n) is 2.58. The van der Waals surface area contributed by atoms with E-state index in [4.69, 9.17) is 9.15 Å². The van der Waals surface area contributed by atoms with E-state index in [0.717, 1.165) is 25.3 Å². The highest BCUT2D eigenvalue weighted by molar-refractivity contribution is 14.0. The van der Waals surface area contributed by atoms with Gasteiger partial charge in [-0.2, -0.15) is 0 Å². The van der Waals surface area contributed by atoms with E-state index in [1.807, 2.05) is 13.0 Å². The van der Waals surface area contributed by atoms with Crippen molar-refractivity contribution < 1.29 is 13.9 Å². The van der Waals surface area contributed by atoms with Gasteiger partial charge in [0.15, 0.2) is 5.96 Å². The van der Waals surface area contributed by atoms with Crippen LogP contribution in [0.25, 0.3) is 0 Å². The summed E-state index contributed by atoms with van der Waals surface area (Å²) in [5, 5.41) is 8.97. The Hall–Kier alpha value is -1.29. The molecule has 0 spiro atoms. The molecule has 0 saturated carbocycles. The van der Waals surface area contributed by atoms with E-state index in [0.29, 0.717) is 19.1 Å². The van der Waals surface area contributed by atoms with E-state index >= 15 is 0 Å². The molecule has 0 unspecified atom stereocenters. The lowest BCUT2D eigenvalue weighted by molar-refractivity contribution is -0.119. The van der Waals surface area contributed by atoms with Crippen molar-refractivity contribution in [1.82, 2.24) is 16.0 Å². The molecular formula is C14H25IN4O3. The molecule has 1 amide bonds. The minimum absolute atomic E-state index is 0. The molecule has 0 atom stereocenters. The number of aliphatic imine (C=N–C) groups is 1. The van der Waals surface area contributed by atoms with Crippen LogP contribution in [0.4, 0.5) is 0 Å². The summed E-state index contributed by atoms with van der Waals surface area (Å²) in [7, 11) is 1.67. The van der Waals surface area contributed by atoms with Gasteiger partial charge in [0.2, 0.25) is 5.91 Å². The lowest BCUT2D eigenvalue weighted by atomic mass is 10.4. The predicted octanol–water partition coefficient (Wildman–Crippen LogP) is 1.11. The van der Waals surface area contributed by atoms with E-state index in [9.17, 15) is 4.79 Å². The smallest absolute Gasteiger partial charge is 0.242 e. The number of carbonyl (C=O) groups excluding carboxylic acids is 1. The second-order valence-electron chi connectivity index (χ2n) is 4.32. The number of guanidine groups is 1. The van der Waals surface area contributed by atoms with Gasteiger partial charge in [0, 0.05) is 26.8 Å². The summed E-state index contributed by atoms with van der Waals surface area (Å²) in [5.41, 5.74) is 0. The van der Waals surface area contributed by atoms with Gasteiger partial charge >= 0.3 is 0 Å². The maximum Gasteiger partial charge on any atom is 0.242 e. The molecule has 1 rings (SSSR count). The molecule has 7 nitrogen and oxygen atoms in total. The molecule has 1 aromatic heterocycles. The van der Waals surface area contributed by atoms with Crippen LogP contribution in [0, 0.1) is 0 Å². The van der Waals surface area contributed by atoms with Gasteiger partial charge in [-0.05, 0) is 25.5 Å². The molecule has 1 heterocycles. The molecule has 0 saturated heterocycles. The summed E-state index contributed by atoms with van der Waals surface area (Å²) in [6, 6.07) is 3.60. The molecule has 3 N–H and O–H groups in total. The van der Waals surface area contributed by atoms with Crippen LogP contribution in [0.1, 0.15) is 19.1 Å². The van der Waals surface area contributed by atoms with Crippen molar-refractivity contribution in [3.63, 3.8) is 0 Å². The highest BCUT2D eigenvalue weighted by Gasteiger charge is 2.03. The average Bonchev–Trinajstić information content (AvgIpc) is 3.00. The number of ether oxygens (including phenoxy) is 1. The van der Waals surface area contributed by atoms with Gasteiger partial charge in [-0.3, -0.25) is 4.79 Å². The van der Waals surface area contributed by atoms with Gasteiger partial charge in [-0.1, -0.05) is 0 Å². The standard InChI is InChI=1S/C14H24N4O3.HI/c1-3-15-14(16-7-5-8-20-2)18-11-13(19)17-10-12-6-4-9-21-12;/h4,6,9H,3,5,7-8,10-11H2,1-2H3,(H,17,19)(H2,15,16,18);1H. The van der Waals surface area contributed by atoms with Crippen molar-refractivity contribution in [2.75, 3.05) is 33.4 Å². The van der Waals surface area contributed by atoms with E-state index in [2.05, 4.69) is 20.9 Å². The van der Waals surface area contributed by atoms with Crippen LogP contribution in [0.2, 0.25) is 0 Å². The summed E-state index contributed by atoms with van der Waals surface area (Å²) in [6.07, 6.45) is 2.46. The average molecular weight is 424 g/mol. The highest BCUT2D eigenvalue weighted by atomic mass is 127. The Morgan fingerprint density at radius 3 is 2.82 bits per heavy atom. The van der Waals surface area contributed by atoms with Gasteiger partial charge in [0.05, 0.1) is 12.8 Å². The first-order valence-electron chi connectivity index (χ1n) is 7.06. The Bertz CT molecular complexity index is 424. The van der Waals surface area contributed by atoms with Gasteiger partial charge in [0.25, 0.3) is 0 Å². The number of carbonyl (C=O) groups is 1.